The first-order chi connectivity index (χ1) is 8.80. The van der Waals surface area contributed by atoms with E-state index in [1.807, 2.05) is 17.9 Å². The Balaban J connectivity index is 2.48. The summed E-state index contributed by atoms with van der Waals surface area (Å²) in [6.45, 7) is 13.8. The van der Waals surface area contributed by atoms with Crippen LogP contribution in [0.4, 0.5) is 0 Å². The zero-order valence-electron chi connectivity index (χ0n) is 13.5. The first kappa shape index (κ1) is 16.2. The molecule has 19 heavy (non-hydrogen) atoms. The minimum atomic E-state index is 0.350. The molecule has 0 saturated carbocycles. The van der Waals surface area contributed by atoms with Gasteiger partial charge in [0.25, 0.3) is 0 Å². The van der Waals surface area contributed by atoms with E-state index < -0.39 is 0 Å². The van der Waals surface area contributed by atoms with Gasteiger partial charge in [0.1, 0.15) is 0 Å². The van der Waals surface area contributed by atoms with E-state index in [-0.39, 0.29) is 0 Å². The fraction of sp³-hybridized carbons (Fsp3) is 0.812. The Labute approximate surface area is 118 Å². The van der Waals surface area contributed by atoms with E-state index in [1.54, 1.807) is 0 Å². The molecule has 0 fully saturated rings. The fourth-order valence-corrected chi connectivity index (χ4v) is 2.36. The first-order valence-corrected chi connectivity index (χ1v) is 7.48. The summed E-state index contributed by atoms with van der Waals surface area (Å²) in [5.41, 5.74) is 1.68. The molecule has 0 aliphatic carbocycles. The van der Waals surface area contributed by atoms with Gasteiger partial charge in [0, 0.05) is 18.9 Å². The molecule has 0 bridgehead atoms. The third-order valence-corrected chi connectivity index (χ3v) is 3.84. The van der Waals surface area contributed by atoms with Crippen LogP contribution >= 0.6 is 0 Å². The van der Waals surface area contributed by atoms with E-state index in [0.29, 0.717) is 11.3 Å². The molecule has 1 rings (SSSR count). The van der Waals surface area contributed by atoms with Crippen molar-refractivity contribution in [2.24, 2.45) is 24.3 Å². The smallest absolute Gasteiger partial charge is 0.0492 e. The van der Waals surface area contributed by atoms with Gasteiger partial charge in [-0.1, -0.05) is 34.6 Å². The van der Waals surface area contributed by atoms with Gasteiger partial charge < -0.3 is 5.32 Å². The molecule has 1 unspecified atom stereocenters. The van der Waals surface area contributed by atoms with Gasteiger partial charge in [-0.15, -0.1) is 0 Å². The van der Waals surface area contributed by atoms with E-state index in [2.05, 4.69) is 51.1 Å². The number of aryl methyl sites for hydroxylation is 2. The average molecular weight is 265 g/mol. The molecule has 110 valence electrons. The van der Waals surface area contributed by atoms with Crippen LogP contribution in [0.5, 0.6) is 0 Å². The molecule has 1 aromatic heterocycles. The maximum Gasteiger partial charge on any atom is 0.0492 e. The second-order valence-electron chi connectivity index (χ2n) is 7.10. The van der Waals surface area contributed by atoms with Crippen molar-refractivity contribution in [1.82, 2.24) is 15.1 Å². The largest absolute Gasteiger partial charge is 0.316 e. The normalized spacial score (nSPS) is 14.1. The molecule has 1 atom stereocenters. The molecule has 0 radical (unpaired) electrons. The molecule has 0 aliphatic rings. The minimum Gasteiger partial charge on any atom is -0.316 e. The Hall–Kier alpha value is -0.830. The Morgan fingerprint density at radius 1 is 1.26 bits per heavy atom. The van der Waals surface area contributed by atoms with Crippen LogP contribution in [0.3, 0.4) is 0 Å². The third-order valence-electron chi connectivity index (χ3n) is 3.84. The lowest BCUT2D eigenvalue weighted by atomic mass is 9.77. The van der Waals surface area contributed by atoms with Gasteiger partial charge in [-0.2, -0.15) is 5.10 Å². The molecule has 0 saturated heterocycles. The topological polar surface area (TPSA) is 29.9 Å². The summed E-state index contributed by atoms with van der Waals surface area (Å²) < 4.78 is 1.99. The Bertz CT molecular complexity index is 360. The second-order valence-corrected chi connectivity index (χ2v) is 7.10. The van der Waals surface area contributed by atoms with Crippen molar-refractivity contribution in [2.45, 2.75) is 47.5 Å². The zero-order valence-corrected chi connectivity index (χ0v) is 13.5. The number of nitrogens with zero attached hydrogens (tertiary/aromatic N) is 2. The van der Waals surface area contributed by atoms with Crippen molar-refractivity contribution in [1.29, 1.82) is 0 Å². The highest BCUT2D eigenvalue weighted by atomic mass is 15.2. The number of nitrogens with one attached hydrogen (secondary N) is 1. The van der Waals surface area contributed by atoms with E-state index >= 15 is 0 Å². The van der Waals surface area contributed by atoms with Crippen molar-refractivity contribution in [3.63, 3.8) is 0 Å². The van der Waals surface area contributed by atoms with Crippen LogP contribution in [-0.4, -0.2) is 22.9 Å². The van der Waals surface area contributed by atoms with E-state index in [4.69, 9.17) is 0 Å². The van der Waals surface area contributed by atoms with Crippen LogP contribution in [0.1, 0.15) is 46.7 Å². The van der Waals surface area contributed by atoms with Gasteiger partial charge in [0.05, 0.1) is 0 Å². The second kappa shape index (κ2) is 7.09. The molecule has 0 aliphatic heterocycles. The Morgan fingerprint density at radius 2 is 1.95 bits per heavy atom. The fourth-order valence-electron chi connectivity index (χ4n) is 2.36. The van der Waals surface area contributed by atoms with Crippen LogP contribution in [0.2, 0.25) is 0 Å². The molecule has 1 heterocycles. The number of rotatable bonds is 7. The Kier molecular flexibility index (Phi) is 6.05. The quantitative estimate of drug-likeness (QED) is 0.820. The van der Waals surface area contributed by atoms with Gasteiger partial charge in [0.15, 0.2) is 0 Å². The summed E-state index contributed by atoms with van der Waals surface area (Å²) in [6, 6.07) is 2.13. The lowest BCUT2D eigenvalue weighted by Gasteiger charge is -2.31. The highest BCUT2D eigenvalue weighted by Gasteiger charge is 2.24. The summed E-state index contributed by atoms with van der Waals surface area (Å²) in [7, 11) is 2.03. The maximum atomic E-state index is 4.24. The predicted octanol–water partition coefficient (Wildman–Crippen LogP) is 3.26. The zero-order chi connectivity index (χ0) is 14.5. The maximum absolute atomic E-state index is 4.24. The van der Waals surface area contributed by atoms with Crippen molar-refractivity contribution in [3.05, 3.63) is 18.0 Å². The Morgan fingerprint density at radius 3 is 2.42 bits per heavy atom. The standard InChI is InChI=1S/C16H31N3/c1-13(2)11-17-12-14(16(3,4)5)7-8-15-9-10-18-19(15)6/h9-10,13-14,17H,7-8,11-12H2,1-6H3. The minimum absolute atomic E-state index is 0.350. The van der Waals surface area contributed by atoms with E-state index in [9.17, 15) is 0 Å². The molecule has 3 nitrogen and oxygen atoms in total. The monoisotopic (exact) mass is 265 g/mol. The highest BCUT2D eigenvalue weighted by molar-refractivity contribution is 5.00. The van der Waals surface area contributed by atoms with E-state index in [0.717, 1.165) is 25.4 Å². The number of hydrogen-bond acceptors (Lipinski definition) is 2. The highest BCUT2D eigenvalue weighted by Crippen LogP contribution is 2.29. The van der Waals surface area contributed by atoms with Crippen molar-refractivity contribution < 1.29 is 0 Å². The van der Waals surface area contributed by atoms with Gasteiger partial charge in [-0.25, -0.2) is 0 Å². The molecule has 0 spiro atoms. The predicted molar refractivity (Wildman–Crippen MR) is 82.2 cm³/mol. The SMILES string of the molecule is CC(C)CNCC(CCc1ccnn1C)C(C)(C)C. The van der Waals surface area contributed by atoms with Crippen molar-refractivity contribution in [2.75, 3.05) is 13.1 Å². The van der Waals surface area contributed by atoms with Crippen LogP contribution < -0.4 is 5.32 Å². The van der Waals surface area contributed by atoms with Crippen molar-refractivity contribution in [3.8, 4) is 0 Å². The lowest BCUT2D eigenvalue weighted by molar-refractivity contribution is 0.216. The lowest BCUT2D eigenvalue weighted by Crippen LogP contribution is -2.34. The van der Waals surface area contributed by atoms with Crippen LogP contribution in [-0.2, 0) is 13.5 Å². The molecular formula is C16H31N3. The van der Waals surface area contributed by atoms with Crippen molar-refractivity contribution >= 4 is 0 Å². The van der Waals surface area contributed by atoms with Crippen LogP contribution in [0, 0.1) is 17.3 Å². The molecule has 3 heteroatoms. The molecule has 0 amide bonds. The summed E-state index contributed by atoms with van der Waals surface area (Å²) >= 11 is 0. The molecule has 1 aromatic rings. The molecular weight excluding hydrogens is 234 g/mol. The summed E-state index contributed by atoms with van der Waals surface area (Å²) in [4.78, 5) is 0. The first-order valence-electron chi connectivity index (χ1n) is 7.48. The van der Waals surface area contributed by atoms with Gasteiger partial charge in [-0.05, 0) is 49.2 Å². The molecule has 0 aromatic carbocycles. The van der Waals surface area contributed by atoms with Gasteiger partial charge >= 0.3 is 0 Å². The average Bonchev–Trinajstić information content (AvgIpc) is 2.67. The van der Waals surface area contributed by atoms with Crippen LogP contribution in [0.25, 0.3) is 0 Å². The number of aromatic nitrogens is 2. The van der Waals surface area contributed by atoms with Crippen LogP contribution in [0.15, 0.2) is 12.3 Å². The van der Waals surface area contributed by atoms with Gasteiger partial charge in [-0.3, -0.25) is 4.68 Å². The summed E-state index contributed by atoms with van der Waals surface area (Å²) in [5.74, 6) is 1.42. The van der Waals surface area contributed by atoms with E-state index in [1.165, 1.54) is 12.1 Å². The number of hydrogen-bond donors (Lipinski definition) is 1. The summed E-state index contributed by atoms with van der Waals surface area (Å²) in [5, 5.41) is 7.86. The molecule has 1 N–H and O–H groups in total. The third kappa shape index (κ3) is 5.77. The van der Waals surface area contributed by atoms with Gasteiger partial charge in [0.2, 0.25) is 0 Å². The summed E-state index contributed by atoms with van der Waals surface area (Å²) in [6.07, 6.45) is 4.22.